The average molecular weight is 405 g/mol. The summed E-state index contributed by atoms with van der Waals surface area (Å²) >= 11 is 11.8. The maximum absolute atomic E-state index is 12.5. The van der Waals surface area contributed by atoms with Gasteiger partial charge >= 0.3 is 0 Å². The molecule has 140 valence electrons. The largest absolute Gasteiger partial charge is 0.497 e. The van der Waals surface area contributed by atoms with Gasteiger partial charge in [-0.15, -0.1) is 0 Å². The molecule has 2 aromatic rings. The first-order valence-corrected chi connectivity index (χ1v) is 8.82. The van der Waals surface area contributed by atoms with Crippen LogP contribution in [0, 0.1) is 11.3 Å². The molecule has 0 fully saturated rings. The predicted molar refractivity (Wildman–Crippen MR) is 107 cm³/mol. The number of carbonyl (C=O) groups is 1. The Labute approximate surface area is 168 Å². The zero-order valence-electron chi connectivity index (χ0n) is 15.0. The smallest absolute Gasteiger partial charge is 0.266 e. The van der Waals surface area contributed by atoms with Gasteiger partial charge in [0.2, 0.25) is 0 Å². The van der Waals surface area contributed by atoms with E-state index in [9.17, 15) is 10.1 Å². The standard InChI is InChI=1S/C20H18Cl2N2O3/c1-12(2)27-19-10-16(26-3)6-4-13(19)8-14(11-23)20(25)24-15-5-7-17(21)18(22)9-15/h4-10,12H,1-3H3,(H,24,25)/b14-8+. The summed E-state index contributed by atoms with van der Waals surface area (Å²) in [5.74, 6) is 0.559. The Kier molecular flexibility index (Phi) is 7.12. The van der Waals surface area contributed by atoms with E-state index in [1.165, 1.54) is 12.1 Å². The van der Waals surface area contributed by atoms with Crippen molar-refractivity contribution in [3.8, 4) is 17.6 Å². The second-order valence-electron chi connectivity index (χ2n) is 5.82. The van der Waals surface area contributed by atoms with Gasteiger partial charge < -0.3 is 14.8 Å². The number of nitrogens with one attached hydrogen (secondary N) is 1. The molecule has 0 saturated carbocycles. The van der Waals surface area contributed by atoms with E-state index in [1.54, 1.807) is 37.4 Å². The number of halogens is 2. The van der Waals surface area contributed by atoms with Crippen LogP contribution < -0.4 is 14.8 Å². The van der Waals surface area contributed by atoms with Crippen molar-refractivity contribution in [2.45, 2.75) is 20.0 Å². The van der Waals surface area contributed by atoms with Crippen LogP contribution in [0.2, 0.25) is 10.0 Å². The topological polar surface area (TPSA) is 71.3 Å². The maximum Gasteiger partial charge on any atom is 0.266 e. The van der Waals surface area contributed by atoms with Gasteiger partial charge in [0.05, 0.1) is 23.3 Å². The number of nitriles is 1. The van der Waals surface area contributed by atoms with Crippen molar-refractivity contribution in [2.75, 3.05) is 12.4 Å². The SMILES string of the molecule is COc1ccc(/C=C(\C#N)C(=O)Nc2ccc(Cl)c(Cl)c2)c(OC(C)C)c1. The summed E-state index contributed by atoms with van der Waals surface area (Å²) in [6.07, 6.45) is 1.38. The summed E-state index contributed by atoms with van der Waals surface area (Å²) in [5.41, 5.74) is 0.939. The van der Waals surface area contributed by atoms with E-state index in [4.69, 9.17) is 32.7 Å². The van der Waals surface area contributed by atoms with E-state index in [2.05, 4.69) is 5.32 Å². The first-order chi connectivity index (χ1) is 12.8. The lowest BCUT2D eigenvalue weighted by molar-refractivity contribution is -0.112. The van der Waals surface area contributed by atoms with Crippen molar-refractivity contribution in [1.29, 1.82) is 5.26 Å². The van der Waals surface area contributed by atoms with E-state index in [0.29, 0.717) is 32.8 Å². The number of hydrogen-bond acceptors (Lipinski definition) is 4. The minimum absolute atomic E-state index is 0.0835. The number of benzene rings is 2. The van der Waals surface area contributed by atoms with Crippen molar-refractivity contribution < 1.29 is 14.3 Å². The maximum atomic E-state index is 12.5. The number of methoxy groups -OCH3 is 1. The van der Waals surface area contributed by atoms with Crippen LogP contribution >= 0.6 is 23.2 Å². The number of anilines is 1. The number of carbonyl (C=O) groups excluding carboxylic acids is 1. The molecule has 0 saturated heterocycles. The van der Waals surface area contributed by atoms with Gasteiger partial charge in [-0.1, -0.05) is 23.2 Å². The van der Waals surface area contributed by atoms with Crippen LogP contribution in [-0.2, 0) is 4.79 Å². The Morgan fingerprint density at radius 1 is 1.19 bits per heavy atom. The highest BCUT2D eigenvalue weighted by Crippen LogP contribution is 2.28. The monoisotopic (exact) mass is 404 g/mol. The lowest BCUT2D eigenvalue weighted by Gasteiger charge is -2.14. The van der Waals surface area contributed by atoms with E-state index in [1.807, 2.05) is 19.9 Å². The zero-order valence-corrected chi connectivity index (χ0v) is 16.6. The molecular formula is C20H18Cl2N2O3. The minimum atomic E-state index is -0.567. The molecule has 0 bridgehead atoms. The van der Waals surface area contributed by atoms with Crippen molar-refractivity contribution >= 4 is 40.9 Å². The second-order valence-corrected chi connectivity index (χ2v) is 6.64. The molecule has 0 unspecified atom stereocenters. The Balaban J connectivity index is 2.32. The summed E-state index contributed by atoms with van der Waals surface area (Å²) < 4.78 is 11.0. The lowest BCUT2D eigenvalue weighted by atomic mass is 10.1. The van der Waals surface area contributed by atoms with Gasteiger partial charge in [-0.2, -0.15) is 5.26 Å². The first-order valence-electron chi connectivity index (χ1n) is 8.07. The third-order valence-corrected chi connectivity index (χ3v) is 4.16. The molecule has 1 amide bonds. The van der Waals surface area contributed by atoms with Crippen LogP contribution in [0.4, 0.5) is 5.69 Å². The first kappa shape index (κ1) is 20.6. The van der Waals surface area contributed by atoms with Crippen molar-refractivity contribution in [1.82, 2.24) is 0 Å². The quantitative estimate of drug-likeness (QED) is 0.521. The van der Waals surface area contributed by atoms with Gasteiger partial charge in [0.1, 0.15) is 23.1 Å². The Hall–Kier alpha value is -2.68. The van der Waals surface area contributed by atoms with Crippen molar-refractivity contribution in [3.63, 3.8) is 0 Å². The molecule has 0 radical (unpaired) electrons. The zero-order chi connectivity index (χ0) is 20.0. The molecule has 2 aromatic carbocycles. The van der Waals surface area contributed by atoms with Gasteiger partial charge in [-0.3, -0.25) is 4.79 Å². The molecule has 0 spiro atoms. The van der Waals surface area contributed by atoms with Gasteiger partial charge in [-0.05, 0) is 50.3 Å². The summed E-state index contributed by atoms with van der Waals surface area (Å²) in [7, 11) is 1.55. The molecule has 5 nitrogen and oxygen atoms in total. The van der Waals surface area contributed by atoms with E-state index < -0.39 is 5.91 Å². The summed E-state index contributed by atoms with van der Waals surface area (Å²) in [5, 5.41) is 12.7. The van der Waals surface area contributed by atoms with Crippen LogP contribution in [0.25, 0.3) is 6.08 Å². The normalized spacial score (nSPS) is 11.1. The molecule has 0 aromatic heterocycles. The summed E-state index contributed by atoms with van der Waals surface area (Å²) in [6.45, 7) is 3.77. The highest BCUT2D eigenvalue weighted by atomic mass is 35.5. The Morgan fingerprint density at radius 3 is 2.52 bits per heavy atom. The molecular weight excluding hydrogens is 387 g/mol. The number of nitrogens with zero attached hydrogens (tertiary/aromatic N) is 1. The molecule has 7 heteroatoms. The van der Waals surface area contributed by atoms with Crippen molar-refractivity contribution in [2.24, 2.45) is 0 Å². The van der Waals surface area contributed by atoms with E-state index in [0.717, 1.165) is 0 Å². The third kappa shape index (κ3) is 5.65. The molecule has 0 aliphatic heterocycles. The van der Waals surface area contributed by atoms with Gasteiger partial charge in [-0.25, -0.2) is 0 Å². The van der Waals surface area contributed by atoms with Gasteiger partial charge in [0.25, 0.3) is 5.91 Å². The molecule has 0 aliphatic carbocycles. The Morgan fingerprint density at radius 2 is 1.93 bits per heavy atom. The van der Waals surface area contributed by atoms with E-state index >= 15 is 0 Å². The second kappa shape index (κ2) is 9.31. The molecule has 0 heterocycles. The third-order valence-electron chi connectivity index (χ3n) is 3.43. The Bertz CT molecular complexity index is 918. The molecule has 2 rings (SSSR count). The average Bonchev–Trinajstić information content (AvgIpc) is 2.63. The van der Waals surface area contributed by atoms with Crippen LogP contribution in [-0.4, -0.2) is 19.1 Å². The van der Waals surface area contributed by atoms with Gasteiger partial charge in [0, 0.05) is 17.3 Å². The molecule has 0 aliphatic rings. The molecule has 1 N–H and O–H groups in total. The summed E-state index contributed by atoms with van der Waals surface area (Å²) in [4.78, 5) is 12.5. The number of hydrogen-bond donors (Lipinski definition) is 1. The van der Waals surface area contributed by atoms with Crippen LogP contribution in [0.5, 0.6) is 11.5 Å². The fourth-order valence-electron chi connectivity index (χ4n) is 2.19. The molecule has 27 heavy (non-hydrogen) atoms. The number of ether oxygens (including phenoxy) is 2. The fraction of sp³-hybridized carbons (Fsp3) is 0.200. The number of rotatable bonds is 6. The predicted octanol–water partition coefficient (Wildman–Crippen LogP) is 5.33. The highest BCUT2D eigenvalue weighted by molar-refractivity contribution is 6.42. The van der Waals surface area contributed by atoms with Crippen LogP contribution in [0.15, 0.2) is 42.0 Å². The summed E-state index contributed by atoms with van der Waals surface area (Å²) in [6, 6.07) is 11.7. The van der Waals surface area contributed by atoms with Crippen LogP contribution in [0.1, 0.15) is 19.4 Å². The van der Waals surface area contributed by atoms with Crippen LogP contribution in [0.3, 0.4) is 0 Å². The molecule has 0 atom stereocenters. The number of amides is 1. The highest BCUT2D eigenvalue weighted by Gasteiger charge is 2.13. The minimum Gasteiger partial charge on any atom is -0.497 e. The van der Waals surface area contributed by atoms with Gasteiger partial charge in [0.15, 0.2) is 0 Å². The van der Waals surface area contributed by atoms with Crippen molar-refractivity contribution in [3.05, 3.63) is 57.6 Å². The lowest BCUT2D eigenvalue weighted by Crippen LogP contribution is -2.13. The fourth-order valence-corrected chi connectivity index (χ4v) is 2.49. The van der Waals surface area contributed by atoms with E-state index in [-0.39, 0.29) is 11.7 Å².